The van der Waals surface area contributed by atoms with Crippen molar-refractivity contribution < 1.29 is 14.9 Å². The molecule has 2 fully saturated rings. The summed E-state index contributed by atoms with van der Waals surface area (Å²) in [4.78, 5) is 2.34. The van der Waals surface area contributed by atoms with Crippen molar-refractivity contribution in [1.82, 2.24) is 4.90 Å². The Hall–Kier alpha value is -1.88. The van der Waals surface area contributed by atoms with Crippen LogP contribution in [0.25, 0.3) is 0 Å². The lowest BCUT2D eigenvalue weighted by molar-refractivity contribution is 0.111. The van der Waals surface area contributed by atoms with Gasteiger partial charge in [-0.3, -0.25) is 4.90 Å². The average Bonchev–Trinajstić information content (AvgIpc) is 3.21. The van der Waals surface area contributed by atoms with E-state index in [1.807, 2.05) is 18.2 Å². The molecule has 4 heteroatoms. The molecule has 1 heterocycles. The second-order valence-electron chi connectivity index (χ2n) is 8.22. The summed E-state index contributed by atoms with van der Waals surface area (Å²) in [5, 5.41) is 20.9. The third-order valence-electron chi connectivity index (χ3n) is 6.71. The summed E-state index contributed by atoms with van der Waals surface area (Å²) in [6.45, 7) is 6.60. The van der Waals surface area contributed by atoms with Crippen LogP contribution < -0.4 is 4.74 Å². The third kappa shape index (κ3) is 2.96. The topological polar surface area (TPSA) is 52.9 Å². The summed E-state index contributed by atoms with van der Waals surface area (Å²) in [6, 6.07) is 14.6. The monoisotopic (exact) mass is 367 g/mol. The van der Waals surface area contributed by atoms with Crippen LogP contribution in [0.4, 0.5) is 0 Å². The Morgan fingerprint density at radius 3 is 2.56 bits per heavy atom. The van der Waals surface area contributed by atoms with Crippen LogP contribution in [0.3, 0.4) is 0 Å². The molecule has 1 aliphatic heterocycles. The molecule has 4 nitrogen and oxygen atoms in total. The summed E-state index contributed by atoms with van der Waals surface area (Å²) in [6.07, 6.45) is -0.403. The van der Waals surface area contributed by atoms with Crippen LogP contribution in [0.15, 0.2) is 42.5 Å². The van der Waals surface area contributed by atoms with Crippen molar-refractivity contribution in [3.8, 4) is 5.75 Å². The maximum Gasteiger partial charge on any atom is 0.122 e. The SMILES string of the molecule is COc1cc(C)c(CN2C[C@@H](O)[C@@]3(C2)[C@H](CO)[C@H]3c2ccccc2)cc1C. The molecule has 0 radical (unpaired) electrons. The van der Waals surface area contributed by atoms with E-state index in [0.29, 0.717) is 6.54 Å². The smallest absolute Gasteiger partial charge is 0.122 e. The molecular formula is C23H29NO3. The van der Waals surface area contributed by atoms with E-state index < -0.39 is 6.10 Å². The Kier molecular flexibility index (Phi) is 4.75. The Morgan fingerprint density at radius 2 is 1.89 bits per heavy atom. The maximum atomic E-state index is 10.9. The van der Waals surface area contributed by atoms with Gasteiger partial charge in [0.1, 0.15) is 5.75 Å². The average molecular weight is 367 g/mol. The maximum absolute atomic E-state index is 10.9. The number of benzene rings is 2. The second-order valence-corrected chi connectivity index (χ2v) is 8.22. The van der Waals surface area contributed by atoms with Crippen LogP contribution in [0.2, 0.25) is 0 Å². The van der Waals surface area contributed by atoms with E-state index in [4.69, 9.17) is 4.74 Å². The van der Waals surface area contributed by atoms with Crippen molar-refractivity contribution in [3.63, 3.8) is 0 Å². The molecular weight excluding hydrogens is 338 g/mol. The number of nitrogens with zero attached hydrogens (tertiary/aromatic N) is 1. The number of aliphatic hydroxyl groups excluding tert-OH is 2. The van der Waals surface area contributed by atoms with Crippen LogP contribution in [0, 0.1) is 25.2 Å². The fourth-order valence-corrected chi connectivity index (χ4v) is 5.26. The zero-order chi connectivity index (χ0) is 19.2. The third-order valence-corrected chi connectivity index (χ3v) is 6.71. The number of hydrogen-bond acceptors (Lipinski definition) is 4. The van der Waals surface area contributed by atoms with E-state index in [9.17, 15) is 10.2 Å². The highest BCUT2D eigenvalue weighted by Crippen LogP contribution is 2.68. The Morgan fingerprint density at radius 1 is 1.15 bits per heavy atom. The van der Waals surface area contributed by atoms with E-state index in [-0.39, 0.29) is 23.9 Å². The van der Waals surface area contributed by atoms with Gasteiger partial charge in [-0.1, -0.05) is 36.4 Å². The summed E-state index contributed by atoms with van der Waals surface area (Å²) < 4.78 is 5.42. The molecule has 2 N–H and O–H groups in total. The van der Waals surface area contributed by atoms with Crippen LogP contribution in [0.5, 0.6) is 5.75 Å². The zero-order valence-corrected chi connectivity index (χ0v) is 16.4. The fraction of sp³-hybridized carbons (Fsp3) is 0.478. The minimum absolute atomic E-state index is 0.130. The predicted octanol–water partition coefficient (Wildman–Crippen LogP) is 2.88. The second kappa shape index (κ2) is 6.93. The molecule has 2 aliphatic rings. The molecule has 1 saturated carbocycles. The van der Waals surface area contributed by atoms with Crippen LogP contribution in [-0.2, 0) is 6.54 Å². The molecule has 144 valence electrons. The number of rotatable bonds is 5. The highest BCUT2D eigenvalue weighted by molar-refractivity contribution is 5.42. The number of aliphatic hydroxyl groups is 2. The Bertz CT molecular complexity index is 822. The first-order valence-corrected chi connectivity index (χ1v) is 9.71. The van der Waals surface area contributed by atoms with Gasteiger partial charge in [0, 0.05) is 31.7 Å². The minimum Gasteiger partial charge on any atom is -0.496 e. The Balaban J connectivity index is 1.55. The summed E-state index contributed by atoms with van der Waals surface area (Å²) in [5.41, 5.74) is 4.63. The van der Waals surface area contributed by atoms with Crippen LogP contribution >= 0.6 is 0 Å². The van der Waals surface area contributed by atoms with Crippen LogP contribution in [-0.4, -0.2) is 48.0 Å². The van der Waals surface area contributed by atoms with Gasteiger partial charge in [0.2, 0.25) is 0 Å². The molecule has 0 aromatic heterocycles. The number of methoxy groups -OCH3 is 1. The minimum atomic E-state index is -0.403. The summed E-state index contributed by atoms with van der Waals surface area (Å²) in [5.74, 6) is 1.29. The van der Waals surface area contributed by atoms with E-state index in [2.05, 4.69) is 43.0 Å². The highest BCUT2D eigenvalue weighted by atomic mass is 16.5. The molecule has 4 rings (SSSR count). The summed E-state index contributed by atoms with van der Waals surface area (Å²) >= 11 is 0. The van der Waals surface area contributed by atoms with Gasteiger partial charge in [-0.05, 0) is 54.0 Å². The van der Waals surface area contributed by atoms with Gasteiger partial charge >= 0.3 is 0 Å². The number of aryl methyl sites for hydroxylation is 2. The van der Waals surface area contributed by atoms with Crippen molar-refractivity contribution in [3.05, 3.63) is 64.7 Å². The first-order valence-electron chi connectivity index (χ1n) is 9.71. The first-order chi connectivity index (χ1) is 13.0. The van der Waals surface area contributed by atoms with Gasteiger partial charge in [0.05, 0.1) is 13.2 Å². The normalized spacial score (nSPS) is 30.0. The lowest BCUT2D eigenvalue weighted by atomic mass is 9.95. The van der Waals surface area contributed by atoms with Gasteiger partial charge in [0.25, 0.3) is 0 Å². The quantitative estimate of drug-likeness (QED) is 0.853. The van der Waals surface area contributed by atoms with Gasteiger partial charge in [-0.25, -0.2) is 0 Å². The number of hydrogen-bond donors (Lipinski definition) is 2. The number of β-amino-alcohol motifs (C(OH)–C–C–N with tert-alkyl or cyclic N) is 1. The van der Waals surface area contributed by atoms with Gasteiger partial charge in [-0.15, -0.1) is 0 Å². The largest absolute Gasteiger partial charge is 0.496 e. The predicted molar refractivity (Wildman–Crippen MR) is 106 cm³/mol. The standard InChI is InChI=1S/C23H29NO3/c1-15-10-20(27-3)16(2)9-18(15)11-24-12-21(26)23(14-24)19(13-25)22(23)17-7-5-4-6-8-17/h4-10,19,21-22,25-26H,11-14H2,1-3H3/t19-,21-,22-,23-/m1/s1. The van der Waals surface area contributed by atoms with Gasteiger partial charge in [-0.2, -0.15) is 0 Å². The lowest BCUT2D eigenvalue weighted by Crippen LogP contribution is -2.23. The van der Waals surface area contributed by atoms with Crippen LogP contribution in [0.1, 0.15) is 28.2 Å². The summed E-state index contributed by atoms with van der Waals surface area (Å²) in [7, 11) is 1.70. The van der Waals surface area contributed by atoms with Crippen molar-refractivity contribution >= 4 is 0 Å². The molecule has 1 saturated heterocycles. The Labute approximate surface area is 161 Å². The van der Waals surface area contributed by atoms with Crippen molar-refractivity contribution in [2.45, 2.75) is 32.4 Å². The molecule has 0 amide bonds. The van der Waals surface area contributed by atoms with Crippen molar-refractivity contribution in [1.29, 1.82) is 0 Å². The number of likely N-dealkylation sites (tertiary alicyclic amines) is 1. The molecule has 1 aliphatic carbocycles. The molecule has 0 unspecified atom stereocenters. The number of ether oxygens (including phenoxy) is 1. The van der Waals surface area contributed by atoms with Crippen molar-refractivity contribution in [2.24, 2.45) is 11.3 Å². The van der Waals surface area contributed by atoms with E-state index in [0.717, 1.165) is 24.4 Å². The van der Waals surface area contributed by atoms with E-state index in [1.54, 1.807) is 7.11 Å². The molecule has 0 bridgehead atoms. The zero-order valence-electron chi connectivity index (χ0n) is 16.4. The van der Waals surface area contributed by atoms with Crippen molar-refractivity contribution in [2.75, 3.05) is 26.8 Å². The molecule has 27 heavy (non-hydrogen) atoms. The molecule has 2 aromatic carbocycles. The van der Waals surface area contributed by atoms with E-state index >= 15 is 0 Å². The lowest BCUT2D eigenvalue weighted by Gasteiger charge is -2.19. The first kappa shape index (κ1) is 18.5. The molecule has 4 atom stereocenters. The van der Waals surface area contributed by atoms with E-state index in [1.165, 1.54) is 16.7 Å². The van der Waals surface area contributed by atoms with Gasteiger partial charge < -0.3 is 14.9 Å². The highest BCUT2D eigenvalue weighted by Gasteiger charge is 2.70. The fourth-order valence-electron chi connectivity index (χ4n) is 5.26. The van der Waals surface area contributed by atoms with Gasteiger partial charge in [0.15, 0.2) is 0 Å². The molecule has 1 spiro atoms. The molecule has 2 aromatic rings.